The molecule has 0 saturated heterocycles. The molecule has 0 saturated carbocycles. The smallest absolute Gasteiger partial charge is 0.0267 e. The second-order valence-electron chi connectivity index (χ2n) is 4.76. The monoisotopic (exact) mass is 184 g/mol. The summed E-state index contributed by atoms with van der Waals surface area (Å²) in [6, 6.07) is 0. The predicted molar refractivity (Wildman–Crippen MR) is 59.8 cm³/mol. The molecule has 0 fully saturated rings. The van der Waals surface area contributed by atoms with Gasteiger partial charge in [-0.05, 0) is 20.3 Å². The highest BCUT2D eigenvalue weighted by molar-refractivity contribution is 4.69. The summed E-state index contributed by atoms with van der Waals surface area (Å²) >= 11 is 0. The average Bonchev–Trinajstić information content (AvgIpc) is 2.01. The number of rotatable bonds is 8. The Morgan fingerprint density at radius 3 is 1.77 bits per heavy atom. The summed E-state index contributed by atoms with van der Waals surface area (Å²) in [5, 5.41) is 0. The van der Waals surface area contributed by atoms with Crippen molar-refractivity contribution in [1.29, 1.82) is 0 Å². The van der Waals surface area contributed by atoms with Gasteiger partial charge in [0.25, 0.3) is 0 Å². The van der Waals surface area contributed by atoms with Crippen LogP contribution in [0.25, 0.3) is 0 Å². The third-order valence-electron chi connectivity index (χ3n) is 2.41. The van der Waals surface area contributed by atoms with Crippen LogP contribution in [0, 0.1) is 0 Å². The first kappa shape index (κ1) is 13.0. The lowest BCUT2D eigenvalue weighted by molar-refractivity contribution is 0.428. The molecule has 0 bridgehead atoms. The van der Waals surface area contributed by atoms with Crippen LogP contribution in [0.1, 0.15) is 72.1 Å². The molecule has 0 spiro atoms. The van der Waals surface area contributed by atoms with Crippen molar-refractivity contribution in [1.82, 2.24) is 5.73 Å². The number of hydrogen-bond acceptors (Lipinski definition) is 0. The van der Waals surface area contributed by atoms with Gasteiger partial charge < -0.3 is 0 Å². The Balaban J connectivity index is 3.00. The molecule has 0 unspecified atom stereocenters. The minimum atomic E-state index is -0.205. The van der Waals surface area contributed by atoms with Crippen molar-refractivity contribution in [3.05, 3.63) is 0 Å². The average molecular weight is 184 g/mol. The van der Waals surface area contributed by atoms with Crippen LogP contribution in [-0.2, 0) is 0 Å². The zero-order valence-corrected chi connectivity index (χ0v) is 9.66. The summed E-state index contributed by atoms with van der Waals surface area (Å²) < 4.78 is 0. The third-order valence-corrected chi connectivity index (χ3v) is 2.41. The van der Waals surface area contributed by atoms with E-state index in [0.29, 0.717) is 0 Å². The molecule has 0 aliphatic heterocycles. The van der Waals surface area contributed by atoms with Crippen molar-refractivity contribution in [2.24, 2.45) is 0 Å². The van der Waals surface area contributed by atoms with Gasteiger partial charge in [-0.3, -0.25) is 5.73 Å². The summed E-state index contributed by atoms with van der Waals surface area (Å²) in [5.41, 5.74) is 7.47. The van der Waals surface area contributed by atoms with E-state index in [0.717, 1.165) is 6.42 Å². The molecule has 1 radical (unpaired) electrons. The molecule has 1 N–H and O–H groups in total. The van der Waals surface area contributed by atoms with Crippen LogP contribution in [0.3, 0.4) is 0 Å². The van der Waals surface area contributed by atoms with E-state index >= 15 is 0 Å². The minimum Gasteiger partial charge on any atom is -0.252 e. The van der Waals surface area contributed by atoms with E-state index in [-0.39, 0.29) is 5.54 Å². The molecule has 0 aromatic rings. The Bertz CT molecular complexity index is 102. The van der Waals surface area contributed by atoms with Gasteiger partial charge in [-0.1, -0.05) is 51.9 Å². The summed E-state index contributed by atoms with van der Waals surface area (Å²) in [6.07, 6.45) is 10.5. The molecule has 0 aromatic heterocycles. The Morgan fingerprint density at radius 1 is 0.846 bits per heavy atom. The van der Waals surface area contributed by atoms with Crippen LogP contribution < -0.4 is 5.73 Å². The largest absolute Gasteiger partial charge is 0.252 e. The fourth-order valence-corrected chi connectivity index (χ4v) is 1.52. The zero-order valence-electron chi connectivity index (χ0n) is 9.66. The molecule has 0 rings (SSSR count). The Labute approximate surface area is 84.1 Å². The molecular formula is C12H26N. The fraction of sp³-hybridized carbons (Fsp3) is 1.00. The van der Waals surface area contributed by atoms with Crippen molar-refractivity contribution in [3.63, 3.8) is 0 Å². The van der Waals surface area contributed by atoms with Crippen LogP contribution in [-0.4, -0.2) is 5.54 Å². The topological polar surface area (TPSA) is 23.8 Å². The number of nitrogens with one attached hydrogen (secondary N) is 1. The van der Waals surface area contributed by atoms with Gasteiger partial charge in [0.15, 0.2) is 0 Å². The molecule has 0 heterocycles. The number of hydrogen-bond donors (Lipinski definition) is 0. The first-order chi connectivity index (χ1) is 6.06. The lowest BCUT2D eigenvalue weighted by Crippen LogP contribution is -2.20. The van der Waals surface area contributed by atoms with Crippen LogP contribution in [0.4, 0.5) is 0 Å². The van der Waals surface area contributed by atoms with Gasteiger partial charge in [-0.2, -0.15) is 0 Å². The highest BCUT2D eigenvalue weighted by Crippen LogP contribution is 2.14. The molecule has 1 heteroatoms. The Morgan fingerprint density at radius 2 is 1.31 bits per heavy atom. The van der Waals surface area contributed by atoms with Gasteiger partial charge in [0, 0.05) is 5.54 Å². The van der Waals surface area contributed by atoms with Gasteiger partial charge in [0.2, 0.25) is 0 Å². The summed E-state index contributed by atoms with van der Waals surface area (Å²) in [7, 11) is 0. The fourth-order valence-electron chi connectivity index (χ4n) is 1.52. The maximum atomic E-state index is 7.68. The van der Waals surface area contributed by atoms with Crippen molar-refractivity contribution in [3.8, 4) is 0 Å². The van der Waals surface area contributed by atoms with Crippen molar-refractivity contribution >= 4 is 0 Å². The highest BCUT2D eigenvalue weighted by Gasteiger charge is 2.09. The molecule has 79 valence electrons. The zero-order chi connectivity index (χ0) is 10.2. The highest BCUT2D eigenvalue weighted by atomic mass is 14.7. The summed E-state index contributed by atoms with van der Waals surface area (Å²) in [6.45, 7) is 6.26. The van der Waals surface area contributed by atoms with Crippen molar-refractivity contribution < 1.29 is 0 Å². The molecular weight excluding hydrogens is 158 g/mol. The quantitative estimate of drug-likeness (QED) is 0.505. The summed E-state index contributed by atoms with van der Waals surface area (Å²) in [5.74, 6) is 0. The third kappa shape index (κ3) is 12.0. The molecule has 0 amide bonds. The van der Waals surface area contributed by atoms with E-state index in [2.05, 4.69) is 6.92 Å². The van der Waals surface area contributed by atoms with E-state index in [1.807, 2.05) is 13.8 Å². The molecule has 1 nitrogen and oxygen atoms in total. The molecule has 0 atom stereocenters. The maximum Gasteiger partial charge on any atom is 0.0267 e. The second-order valence-corrected chi connectivity index (χ2v) is 4.76. The summed E-state index contributed by atoms with van der Waals surface area (Å²) in [4.78, 5) is 0. The second kappa shape index (κ2) is 7.37. The van der Waals surface area contributed by atoms with Crippen LogP contribution in [0.15, 0.2) is 0 Å². The van der Waals surface area contributed by atoms with E-state index in [1.54, 1.807) is 0 Å². The Kier molecular flexibility index (Phi) is 7.35. The van der Waals surface area contributed by atoms with Crippen LogP contribution in [0.2, 0.25) is 0 Å². The van der Waals surface area contributed by atoms with Crippen LogP contribution in [0.5, 0.6) is 0 Å². The first-order valence-electron chi connectivity index (χ1n) is 5.81. The molecule has 0 aliphatic carbocycles. The van der Waals surface area contributed by atoms with Crippen molar-refractivity contribution in [2.75, 3.05) is 0 Å². The normalized spacial score (nSPS) is 12.0. The van der Waals surface area contributed by atoms with E-state index < -0.39 is 0 Å². The van der Waals surface area contributed by atoms with Crippen molar-refractivity contribution in [2.45, 2.75) is 77.7 Å². The predicted octanol–water partition coefficient (Wildman–Crippen LogP) is 4.19. The van der Waals surface area contributed by atoms with Gasteiger partial charge in [-0.25, -0.2) is 0 Å². The lowest BCUT2D eigenvalue weighted by Gasteiger charge is -2.16. The molecule has 0 aromatic carbocycles. The molecule has 13 heavy (non-hydrogen) atoms. The lowest BCUT2D eigenvalue weighted by atomic mass is 9.97. The van der Waals surface area contributed by atoms with E-state index in [9.17, 15) is 0 Å². The Hall–Kier alpha value is -0.0400. The van der Waals surface area contributed by atoms with Gasteiger partial charge in [-0.15, -0.1) is 0 Å². The standard InChI is InChI=1S/C12H26N/c1-4-5-6-7-8-9-10-11-12(2,3)13/h13H,4-11H2,1-3H3. The SMILES string of the molecule is CCCCCCCCCC(C)(C)[NH]. The first-order valence-corrected chi connectivity index (χ1v) is 5.81. The van der Waals surface area contributed by atoms with Gasteiger partial charge >= 0.3 is 0 Å². The number of unbranched alkanes of at least 4 members (excludes halogenated alkanes) is 6. The van der Waals surface area contributed by atoms with E-state index in [1.165, 1.54) is 44.9 Å². The van der Waals surface area contributed by atoms with Crippen LogP contribution >= 0.6 is 0 Å². The minimum absolute atomic E-state index is 0.205. The maximum absolute atomic E-state index is 7.68. The molecule has 0 aliphatic rings. The van der Waals surface area contributed by atoms with E-state index in [4.69, 9.17) is 5.73 Å². The van der Waals surface area contributed by atoms with Gasteiger partial charge in [0.05, 0.1) is 0 Å². The van der Waals surface area contributed by atoms with Gasteiger partial charge in [0.1, 0.15) is 0 Å².